The van der Waals surface area contributed by atoms with Crippen LogP contribution in [0.15, 0.2) is 18.2 Å². The third-order valence-electron chi connectivity index (χ3n) is 2.12. The summed E-state index contributed by atoms with van der Waals surface area (Å²) in [5.74, 6) is -1.18. The van der Waals surface area contributed by atoms with Gasteiger partial charge in [-0.25, -0.2) is 9.59 Å². The molecule has 1 aromatic rings. The van der Waals surface area contributed by atoms with Crippen LogP contribution >= 0.6 is 34.2 Å². The maximum Gasteiger partial charge on any atom is 0.328 e. The molecule has 0 saturated heterocycles. The highest BCUT2D eigenvalue weighted by Gasteiger charge is 2.19. The number of ether oxygens (including phenoxy) is 1. The summed E-state index contributed by atoms with van der Waals surface area (Å²) in [5.41, 5.74) is 0.404. The molecule has 1 atom stereocenters. The van der Waals surface area contributed by atoms with Crippen LogP contribution in [-0.4, -0.2) is 36.9 Å². The zero-order chi connectivity index (χ0) is 14.4. The van der Waals surface area contributed by atoms with E-state index in [0.717, 1.165) is 3.57 Å². The average Bonchev–Trinajstić information content (AvgIpc) is 2.32. The number of aliphatic carboxylic acids is 1. The lowest BCUT2D eigenvalue weighted by molar-refractivity contribution is -0.140. The topological polar surface area (TPSA) is 87.7 Å². The molecule has 2 amide bonds. The third-order valence-corrected chi connectivity index (χ3v) is 3.10. The van der Waals surface area contributed by atoms with Crippen molar-refractivity contribution in [1.82, 2.24) is 5.32 Å². The predicted molar refractivity (Wildman–Crippen MR) is 79.6 cm³/mol. The molecule has 104 valence electrons. The minimum Gasteiger partial charge on any atom is -0.480 e. The van der Waals surface area contributed by atoms with Crippen LogP contribution in [-0.2, 0) is 9.53 Å². The van der Waals surface area contributed by atoms with E-state index < -0.39 is 18.0 Å². The molecule has 0 radical (unpaired) electrons. The molecule has 1 rings (SSSR count). The number of hydrogen-bond acceptors (Lipinski definition) is 3. The number of nitrogens with one attached hydrogen (secondary N) is 2. The summed E-state index contributed by atoms with van der Waals surface area (Å²) in [4.78, 5) is 22.5. The Balaban J connectivity index is 2.66. The third kappa shape index (κ3) is 5.21. The Labute approximate surface area is 128 Å². The van der Waals surface area contributed by atoms with Gasteiger partial charge in [-0.3, -0.25) is 0 Å². The van der Waals surface area contributed by atoms with Crippen molar-refractivity contribution < 1.29 is 19.4 Å². The number of rotatable bonds is 5. The molecule has 6 nitrogen and oxygen atoms in total. The lowest BCUT2D eigenvalue weighted by atomic mass is 10.3. The predicted octanol–water partition coefficient (Wildman–Crippen LogP) is 2.17. The molecule has 1 aromatic carbocycles. The summed E-state index contributed by atoms with van der Waals surface area (Å²) in [7, 11) is 1.35. The van der Waals surface area contributed by atoms with Gasteiger partial charge in [0.25, 0.3) is 0 Å². The van der Waals surface area contributed by atoms with Crippen molar-refractivity contribution in [2.75, 3.05) is 19.0 Å². The number of anilines is 1. The molecular formula is C11H12ClIN2O4. The van der Waals surface area contributed by atoms with E-state index >= 15 is 0 Å². The van der Waals surface area contributed by atoms with Gasteiger partial charge in [-0.1, -0.05) is 11.6 Å². The van der Waals surface area contributed by atoms with Gasteiger partial charge in [0.15, 0.2) is 6.04 Å². The van der Waals surface area contributed by atoms with Gasteiger partial charge >= 0.3 is 12.0 Å². The Morgan fingerprint density at radius 3 is 2.74 bits per heavy atom. The Kier molecular flexibility index (Phi) is 6.32. The standard InChI is InChI=1S/C11H12ClIN2O4/c1-19-5-9(10(16)17)15-11(18)14-8-3-2-6(13)4-7(8)12/h2-4,9H,5H2,1H3,(H,16,17)(H2,14,15,18). The molecule has 0 heterocycles. The number of carbonyl (C=O) groups is 2. The molecule has 0 fully saturated rings. The highest BCUT2D eigenvalue weighted by Crippen LogP contribution is 2.23. The fourth-order valence-electron chi connectivity index (χ4n) is 1.25. The molecule has 0 spiro atoms. The maximum atomic E-state index is 11.6. The molecule has 19 heavy (non-hydrogen) atoms. The van der Waals surface area contributed by atoms with Gasteiger partial charge in [-0.15, -0.1) is 0 Å². The Bertz CT molecular complexity index is 484. The van der Waals surface area contributed by atoms with Gasteiger partial charge in [0.2, 0.25) is 0 Å². The fraction of sp³-hybridized carbons (Fsp3) is 0.273. The number of amides is 2. The SMILES string of the molecule is COCC(NC(=O)Nc1ccc(I)cc1Cl)C(=O)O. The van der Waals surface area contributed by atoms with E-state index in [4.69, 9.17) is 21.4 Å². The molecule has 8 heteroatoms. The highest BCUT2D eigenvalue weighted by atomic mass is 127. The normalized spacial score (nSPS) is 11.7. The van der Waals surface area contributed by atoms with Gasteiger partial charge in [-0.2, -0.15) is 0 Å². The summed E-state index contributed by atoms with van der Waals surface area (Å²) in [6, 6.07) is 3.31. The van der Waals surface area contributed by atoms with Crippen LogP contribution in [0, 0.1) is 3.57 Å². The first kappa shape index (κ1) is 16.0. The second kappa shape index (κ2) is 7.51. The number of carboxylic acids is 1. The van der Waals surface area contributed by atoms with Crippen molar-refractivity contribution >= 4 is 51.9 Å². The number of carboxylic acid groups (broad SMARTS) is 1. The summed E-state index contributed by atoms with van der Waals surface area (Å²) in [6.45, 7) is -0.122. The van der Waals surface area contributed by atoms with Crippen LogP contribution in [0.3, 0.4) is 0 Å². The molecular weight excluding hydrogens is 386 g/mol. The van der Waals surface area contributed by atoms with Crippen LogP contribution in [0.2, 0.25) is 5.02 Å². The number of carbonyl (C=O) groups excluding carboxylic acids is 1. The van der Waals surface area contributed by atoms with Crippen LogP contribution in [0.4, 0.5) is 10.5 Å². The lowest BCUT2D eigenvalue weighted by Gasteiger charge is -2.14. The molecule has 0 aliphatic carbocycles. The molecule has 0 bridgehead atoms. The number of methoxy groups -OCH3 is 1. The van der Waals surface area contributed by atoms with Crippen LogP contribution in [0.25, 0.3) is 0 Å². The largest absolute Gasteiger partial charge is 0.480 e. The summed E-state index contributed by atoms with van der Waals surface area (Å²) >= 11 is 8.03. The molecule has 0 saturated carbocycles. The Morgan fingerprint density at radius 2 is 2.21 bits per heavy atom. The van der Waals surface area contributed by atoms with Gasteiger partial charge < -0.3 is 20.5 Å². The molecule has 1 unspecified atom stereocenters. The first-order chi connectivity index (χ1) is 8.93. The second-order valence-corrected chi connectivity index (χ2v) is 5.22. The first-order valence-electron chi connectivity index (χ1n) is 5.18. The van der Waals surface area contributed by atoms with Gasteiger partial charge in [0.05, 0.1) is 17.3 Å². The van der Waals surface area contributed by atoms with E-state index in [2.05, 4.69) is 33.2 Å². The van der Waals surface area contributed by atoms with Crippen LogP contribution < -0.4 is 10.6 Å². The zero-order valence-electron chi connectivity index (χ0n) is 9.94. The smallest absolute Gasteiger partial charge is 0.328 e. The fourth-order valence-corrected chi connectivity index (χ4v) is 2.15. The van der Waals surface area contributed by atoms with Gasteiger partial charge in [0, 0.05) is 10.7 Å². The Hall–Kier alpha value is -1.06. The monoisotopic (exact) mass is 398 g/mol. The van der Waals surface area contributed by atoms with Gasteiger partial charge in [0.1, 0.15) is 0 Å². The number of urea groups is 1. The van der Waals surface area contributed by atoms with E-state index in [9.17, 15) is 9.59 Å². The van der Waals surface area contributed by atoms with E-state index in [-0.39, 0.29) is 6.61 Å². The van der Waals surface area contributed by atoms with Crippen LogP contribution in [0.1, 0.15) is 0 Å². The van der Waals surface area contributed by atoms with Crippen LogP contribution in [0.5, 0.6) is 0 Å². The summed E-state index contributed by atoms with van der Waals surface area (Å²) in [6.07, 6.45) is 0. The average molecular weight is 399 g/mol. The van der Waals surface area contributed by atoms with E-state index in [0.29, 0.717) is 10.7 Å². The Morgan fingerprint density at radius 1 is 1.53 bits per heavy atom. The van der Waals surface area contributed by atoms with Crippen molar-refractivity contribution in [3.8, 4) is 0 Å². The summed E-state index contributed by atoms with van der Waals surface area (Å²) in [5, 5.41) is 14.0. The van der Waals surface area contributed by atoms with Crippen molar-refractivity contribution in [3.63, 3.8) is 0 Å². The van der Waals surface area contributed by atoms with Crippen molar-refractivity contribution in [3.05, 3.63) is 26.8 Å². The zero-order valence-corrected chi connectivity index (χ0v) is 12.9. The van der Waals surface area contributed by atoms with Crippen molar-refractivity contribution in [1.29, 1.82) is 0 Å². The quantitative estimate of drug-likeness (QED) is 0.663. The first-order valence-corrected chi connectivity index (χ1v) is 6.64. The van der Waals surface area contributed by atoms with Crippen molar-refractivity contribution in [2.45, 2.75) is 6.04 Å². The minimum atomic E-state index is -1.18. The highest BCUT2D eigenvalue weighted by molar-refractivity contribution is 14.1. The maximum absolute atomic E-state index is 11.6. The lowest BCUT2D eigenvalue weighted by Crippen LogP contribution is -2.45. The van der Waals surface area contributed by atoms with Crippen molar-refractivity contribution in [2.24, 2.45) is 0 Å². The number of halogens is 2. The van der Waals surface area contributed by atoms with E-state index in [1.165, 1.54) is 7.11 Å². The molecule has 3 N–H and O–H groups in total. The van der Waals surface area contributed by atoms with Gasteiger partial charge in [-0.05, 0) is 40.8 Å². The molecule has 0 aliphatic heterocycles. The summed E-state index contributed by atoms with van der Waals surface area (Å²) < 4.78 is 5.63. The number of hydrogen-bond donors (Lipinski definition) is 3. The minimum absolute atomic E-state index is 0.122. The molecule has 0 aromatic heterocycles. The second-order valence-electron chi connectivity index (χ2n) is 3.57. The van der Waals surface area contributed by atoms with E-state index in [1.807, 2.05) is 0 Å². The number of benzene rings is 1. The molecule has 0 aliphatic rings. The van der Waals surface area contributed by atoms with E-state index in [1.54, 1.807) is 18.2 Å².